The molecule has 7 nitrogen and oxygen atoms in total. The normalized spacial score (nSPS) is 21.7. The van der Waals surface area contributed by atoms with Crippen molar-refractivity contribution in [3.05, 3.63) is 88.5 Å². The van der Waals surface area contributed by atoms with E-state index in [1.165, 1.54) is 21.3 Å². The van der Waals surface area contributed by atoms with E-state index in [2.05, 4.69) is 6.07 Å². The van der Waals surface area contributed by atoms with Crippen LogP contribution in [0.4, 0.5) is 5.69 Å². The van der Waals surface area contributed by atoms with Gasteiger partial charge in [-0.1, -0.05) is 74.9 Å². The van der Waals surface area contributed by atoms with Crippen molar-refractivity contribution in [2.45, 2.75) is 45.7 Å². The summed E-state index contributed by atoms with van der Waals surface area (Å²) in [6, 6.07) is 15.0. The van der Waals surface area contributed by atoms with E-state index in [1.807, 2.05) is 56.9 Å². The van der Waals surface area contributed by atoms with Crippen LogP contribution in [-0.4, -0.2) is 50.8 Å². The number of anilines is 1. The highest BCUT2D eigenvalue weighted by atomic mass is 16.5. The Morgan fingerprint density at radius 1 is 0.857 bits per heavy atom. The molecule has 7 heteroatoms. The van der Waals surface area contributed by atoms with E-state index >= 15 is 0 Å². The SMILES string of the molecule is COc1ccc([C@@H]2[C@@H](C(=O)C(C)(C)C)N3c4ccc(C)cc4C=C[C@H]3C23C(=O)c2ccccc2C3=O)c(OC)c1OC. The van der Waals surface area contributed by atoms with Crippen molar-refractivity contribution >= 4 is 29.1 Å². The number of carbonyl (C=O) groups excluding carboxylic acids is 3. The monoisotopic (exact) mass is 565 g/mol. The molecule has 0 radical (unpaired) electrons. The lowest BCUT2D eigenvalue weighted by molar-refractivity contribution is -0.127. The second kappa shape index (κ2) is 9.58. The molecular formula is C35H35NO6. The molecule has 0 bridgehead atoms. The van der Waals surface area contributed by atoms with E-state index in [0.717, 1.165) is 16.8 Å². The Bertz CT molecular complexity index is 1640. The molecule has 6 rings (SSSR count). The predicted molar refractivity (Wildman–Crippen MR) is 161 cm³/mol. The molecule has 2 heterocycles. The lowest BCUT2D eigenvalue weighted by Crippen LogP contribution is -2.49. The Morgan fingerprint density at radius 2 is 1.50 bits per heavy atom. The second-order valence-electron chi connectivity index (χ2n) is 12.3. The van der Waals surface area contributed by atoms with Gasteiger partial charge in [-0.25, -0.2) is 0 Å². The average molecular weight is 566 g/mol. The number of nitrogens with zero attached hydrogens (tertiary/aromatic N) is 1. The van der Waals surface area contributed by atoms with Crippen LogP contribution in [0.25, 0.3) is 6.08 Å². The van der Waals surface area contributed by atoms with Gasteiger partial charge in [-0.05, 0) is 30.7 Å². The van der Waals surface area contributed by atoms with Crippen LogP contribution >= 0.6 is 0 Å². The molecule has 0 saturated carbocycles. The fraction of sp³-hybridized carbons (Fsp3) is 0.343. The molecule has 0 N–H and O–H groups in total. The summed E-state index contributed by atoms with van der Waals surface area (Å²) in [5, 5.41) is 0. The van der Waals surface area contributed by atoms with E-state index in [-0.39, 0.29) is 17.3 Å². The highest BCUT2D eigenvalue weighted by Crippen LogP contribution is 2.63. The van der Waals surface area contributed by atoms with E-state index in [4.69, 9.17) is 14.2 Å². The summed E-state index contributed by atoms with van der Waals surface area (Å²) < 4.78 is 17.3. The van der Waals surface area contributed by atoms with Crippen LogP contribution in [0.1, 0.15) is 64.1 Å². The first-order valence-corrected chi connectivity index (χ1v) is 14.1. The summed E-state index contributed by atoms with van der Waals surface area (Å²) in [5.74, 6) is -0.444. The molecular weight excluding hydrogens is 530 g/mol. The van der Waals surface area contributed by atoms with Gasteiger partial charge in [0.25, 0.3) is 0 Å². The van der Waals surface area contributed by atoms with Gasteiger partial charge in [-0.2, -0.15) is 0 Å². The summed E-state index contributed by atoms with van der Waals surface area (Å²) in [4.78, 5) is 46.4. The number of hydrogen-bond donors (Lipinski definition) is 0. The Labute approximate surface area is 246 Å². The first kappa shape index (κ1) is 27.8. The summed E-state index contributed by atoms with van der Waals surface area (Å²) >= 11 is 0. The van der Waals surface area contributed by atoms with Crippen molar-refractivity contribution < 1.29 is 28.6 Å². The van der Waals surface area contributed by atoms with E-state index in [9.17, 15) is 14.4 Å². The van der Waals surface area contributed by atoms with Crippen molar-refractivity contribution in [3.63, 3.8) is 0 Å². The van der Waals surface area contributed by atoms with Crippen LogP contribution in [-0.2, 0) is 4.79 Å². The standard InChI is InChI=1S/C35H35NO6/c1-19-12-15-24-20(18-19)13-17-26-35(31(37)21-10-8-9-11-22(21)32(35)38)27(28(36(24)26)33(39)34(2,3)4)23-14-16-25(40-5)30(42-7)29(23)41-6/h8-18,26-28H,1-7H3/t26-,27+,28-/m0/s1. The topological polar surface area (TPSA) is 82.1 Å². The summed E-state index contributed by atoms with van der Waals surface area (Å²) in [6.07, 6.45) is 3.90. The first-order chi connectivity index (χ1) is 20.0. The molecule has 3 aromatic rings. The minimum absolute atomic E-state index is 0.0791. The molecule has 0 aromatic heterocycles. The third-order valence-corrected chi connectivity index (χ3v) is 9.04. The Balaban J connectivity index is 1.75. The van der Waals surface area contributed by atoms with Crippen molar-refractivity contribution in [1.29, 1.82) is 0 Å². The van der Waals surface area contributed by atoms with Gasteiger partial charge < -0.3 is 19.1 Å². The summed E-state index contributed by atoms with van der Waals surface area (Å²) in [5.41, 5.74) is 1.70. The maximum Gasteiger partial charge on any atom is 0.203 e. The highest BCUT2D eigenvalue weighted by Gasteiger charge is 2.72. The van der Waals surface area contributed by atoms with Crippen LogP contribution in [0.15, 0.2) is 60.7 Å². The molecule has 1 aliphatic carbocycles. The summed E-state index contributed by atoms with van der Waals surface area (Å²) in [7, 11) is 4.56. The Hall–Kier alpha value is -4.39. The molecule has 0 unspecified atom stereocenters. The Kier molecular flexibility index (Phi) is 6.33. The maximum atomic E-state index is 14.8. The smallest absolute Gasteiger partial charge is 0.203 e. The number of benzene rings is 3. The van der Waals surface area contributed by atoms with Crippen molar-refractivity contribution in [3.8, 4) is 17.2 Å². The van der Waals surface area contributed by atoms with Crippen molar-refractivity contribution in [1.82, 2.24) is 0 Å². The van der Waals surface area contributed by atoms with Crippen LogP contribution in [0.3, 0.4) is 0 Å². The maximum absolute atomic E-state index is 14.8. The number of ketones is 3. The zero-order chi connectivity index (χ0) is 30.1. The highest BCUT2D eigenvalue weighted by molar-refractivity contribution is 6.32. The third kappa shape index (κ3) is 3.55. The van der Waals surface area contributed by atoms with E-state index < -0.39 is 28.8 Å². The third-order valence-electron chi connectivity index (χ3n) is 9.04. The largest absolute Gasteiger partial charge is 0.493 e. The average Bonchev–Trinajstić information content (AvgIpc) is 3.40. The number of ether oxygens (including phenoxy) is 3. The van der Waals surface area contributed by atoms with E-state index in [0.29, 0.717) is 33.9 Å². The van der Waals surface area contributed by atoms with Crippen LogP contribution in [0, 0.1) is 17.8 Å². The summed E-state index contributed by atoms with van der Waals surface area (Å²) in [6.45, 7) is 7.64. The van der Waals surface area contributed by atoms with Crippen LogP contribution in [0.5, 0.6) is 17.2 Å². The lowest BCUT2D eigenvalue weighted by Gasteiger charge is -2.38. The van der Waals surface area contributed by atoms with Gasteiger partial charge >= 0.3 is 0 Å². The van der Waals surface area contributed by atoms with E-state index in [1.54, 1.807) is 36.4 Å². The molecule has 3 aliphatic rings. The molecule has 1 spiro atoms. The first-order valence-electron chi connectivity index (χ1n) is 14.1. The molecule has 3 aromatic carbocycles. The predicted octanol–water partition coefficient (Wildman–Crippen LogP) is 6.07. The molecule has 42 heavy (non-hydrogen) atoms. The molecule has 216 valence electrons. The molecule has 1 fully saturated rings. The van der Waals surface area contributed by atoms with Gasteiger partial charge in [-0.3, -0.25) is 14.4 Å². The van der Waals surface area contributed by atoms with Gasteiger partial charge in [0.1, 0.15) is 5.41 Å². The number of rotatable bonds is 5. The van der Waals surface area contributed by atoms with Gasteiger partial charge in [0, 0.05) is 33.7 Å². The zero-order valence-corrected chi connectivity index (χ0v) is 25.0. The minimum atomic E-state index is -1.62. The molecule has 1 saturated heterocycles. The van der Waals surface area contributed by atoms with Gasteiger partial charge in [0.05, 0.1) is 33.4 Å². The zero-order valence-electron chi connectivity index (χ0n) is 25.0. The number of methoxy groups -OCH3 is 3. The minimum Gasteiger partial charge on any atom is -0.493 e. The fourth-order valence-corrected chi connectivity index (χ4v) is 7.25. The van der Waals surface area contributed by atoms with Gasteiger partial charge in [0.15, 0.2) is 28.8 Å². The van der Waals surface area contributed by atoms with Crippen molar-refractivity contribution in [2.24, 2.45) is 10.8 Å². The fourth-order valence-electron chi connectivity index (χ4n) is 7.25. The Morgan fingerprint density at radius 3 is 2.07 bits per heavy atom. The quantitative estimate of drug-likeness (QED) is 0.347. The number of carbonyl (C=O) groups is 3. The number of Topliss-reactive ketones (excluding diaryl/α,β-unsaturated/α-hetero) is 3. The van der Waals surface area contributed by atoms with Gasteiger partial charge in [-0.15, -0.1) is 0 Å². The van der Waals surface area contributed by atoms with Crippen LogP contribution in [0.2, 0.25) is 0 Å². The molecule has 0 amide bonds. The second-order valence-corrected chi connectivity index (χ2v) is 12.3. The van der Waals surface area contributed by atoms with Crippen LogP contribution < -0.4 is 19.1 Å². The lowest BCUT2D eigenvalue weighted by atomic mass is 9.63. The molecule has 2 aliphatic heterocycles. The molecule has 3 atom stereocenters. The van der Waals surface area contributed by atoms with Crippen molar-refractivity contribution in [2.75, 3.05) is 26.2 Å². The number of hydrogen-bond acceptors (Lipinski definition) is 7. The number of aryl methyl sites for hydroxylation is 1. The number of fused-ring (bicyclic) bond motifs is 5. The van der Waals surface area contributed by atoms with Gasteiger partial charge in [0.2, 0.25) is 5.75 Å².